The molecule has 0 saturated heterocycles. The molecule has 1 aliphatic heterocycles. The molecule has 118 valence electrons. The van der Waals surface area contributed by atoms with E-state index in [9.17, 15) is 13.2 Å². The summed E-state index contributed by atoms with van der Waals surface area (Å²) in [6.07, 6.45) is -0.166. The Bertz CT molecular complexity index is 482. The molecule has 0 spiro atoms. The molecule has 2 rings (SSSR count). The Morgan fingerprint density at radius 1 is 1.33 bits per heavy atom. The monoisotopic (exact) mass is 303 g/mol. The number of likely N-dealkylation sites (N-methyl/N-ethyl adjacent to an activating group) is 1. The van der Waals surface area contributed by atoms with Crippen molar-refractivity contribution in [1.29, 1.82) is 0 Å². The largest absolute Gasteiger partial charge is 0.391 e. The molecule has 0 radical (unpaired) electrons. The van der Waals surface area contributed by atoms with Crippen molar-refractivity contribution < 1.29 is 17.9 Å². The number of nitrogens with zero attached hydrogens (tertiary/aromatic N) is 3. The van der Waals surface area contributed by atoms with Crippen molar-refractivity contribution in [2.45, 2.75) is 25.6 Å². The Kier molecular flexibility index (Phi) is 5.41. The molecule has 0 atom stereocenters. The molecular weight excluding hydrogens is 283 g/mol. The van der Waals surface area contributed by atoms with E-state index in [0.717, 1.165) is 25.2 Å². The van der Waals surface area contributed by atoms with Crippen LogP contribution < -0.4 is 0 Å². The second kappa shape index (κ2) is 7.09. The van der Waals surface area contributed by atoms with E-state index >= 15 is 0 Å². The minimum Gasteiger partial charge on any atom is -0.379 e. The number of aromatic nitrogens is 2. The minimum atomic E-state index is -4.16. The average molecular weight is 303 g/mol. The molecule has 7 heteroatoms. The van der Waals surface area contributed by atoms with E-state index in [1.807, 2.05) is 6.07 Å². The fourth-order valence-corrected chi connectivity index (χ4v) is 2.30. The van der Waals surface area contributed by atoms with Crippen LogP contribution in [0.1, 0.15) is 18.5 Å². The van der Waals surface area contributed by atoms with Gasteiger partial charge < -0.3 is 9.64 Å². The fourth-order valence-electron chi connectivity index (χ4n) is 2.30. The van der Waals surface area contributed by atoms with Crippen LogP contribution in [0.2, 0.25) is 0 Å². The van der Waals surface area contributed by atoms with E-state index in [1.54, 1.807) is 10.9 Å². The topological polar surface area (TPSA) is 30.3 Å². The van der Waals surface area contributed by atoms with Crippen molar-refractivity contribution in [3.63, 3.8) is 0 Å². The van der Waals surface area contributed by atoms with Crippen LogP contribution in [-0.4, -0.2) is 54.2 Å². The molecule has 0 N–H and O–H groups in total. The zero-order chi connectivity index (χ0) is 15.3. The van der Waals surface area contributed by atoms with Crippen molar-refractivity contribution >= 4 is 5.57 Å². The first-order valence-corrected chi connectivity index (χ1v) is 7.00. The standard InChI is InChI=1S/C14H20F3N3O/c1-19-7-2-3-12(11-19)13-4-6-18-20(13)8-10-21-9-5-14(15,16)17/h3-4,6H,2,5,7-11H2,1H3. The smallest absolute Gasteiger partial charge is 0.379 e. The molecule has 21 heavy (non-hydrogen) atoms. The van der Waals surface area contributed by atoms with Crippen LogP contribution in [0.5, 0.6) is 0 Å². The molecule has 0 fully saturated rings. The van der Waals surface area contributed by atoms with E-state index in [2.05, 4.69) is 23.1 Å². The van der Waals surface area contributed by atoms with E-state index in [-0.39, 0.29) is 13.2 Å². The van der Waals surface area contributed by atoms with Gasteiger partial charge in [-0.05, 0) is 25.1 Å². The highest BCUT2D eigenvalue weighted by Crippen LogP contribution is 2.20. The lowest BCUT2D eigenvalue weighted by atomic mass is 10.1. The zero-order valence-electron chi connectivity index (χ0n) is 12.1. The van der Waals surface area contributed by atoms with Gasteiger partial charge >= 0.3 is 6.18 Å². The Labute approximate surface area is 122 Å². The molecule has 2 heterocycles. The Morgan fingerprint density at radius 2 is 2.14 bits per heavy atom. The quantitative estimate of drug-likeness (QED) is 0.757. The summed E-state index contributed by atoms with van der Waals surface area (Å²) in [5, 5.41) is 4.22. The first kappa shape index (κ1) is 16.0. The third kappa shape index (κ3) is 5.17. The van der Waals surface area contributed by atoms with Gasteiger partial charge in [-0.3, -0.25) is 4.68 Å². The molecular formula is C14H20F3N3O. The first-order valence-electron chi connectivity index (χ1n) is 7.00. The predicted octanol–water partition coefficient (Wildman–Crippen LogP) is 2.57. The summed E-state index contributed by atoms with van der Waals surface area (Å²) < 4.78 is 42.8. The molecule has 0 bridgehead atoms. The number of ether oxygens (including phenoxy) is 1. The van der Waals surface area contributed by atoms with Crippen molar-refractivity contribution in [2.75, 3.05) is 33.4 Å². The summed E-state index contributed by atoms with van der Waals surface area (Å²) in [5.41, 5.74) is 2.22. The lowest BCUT2D eigenvalue weighted by molar-refractivity contribution is -0.145. The van der Waals surface area contributed by atoms with Gasteiger partial charge in [-0.25, -0.2) is 0 Å². The van der Waals surface area contributed by atoms with Crippen LogP contribution in [0.4, 0.5) is 13.2 Å². The number of hydrogen-bond acceptors (Lipinski definition) is 3. The highest BCUT2D eigenvalue weighted by Gasteiger charge is 2.26. The summed E-state index contributed by atoms with van der Waals surface area (Å²) >= 11 is 0. The number of halogens is 3. The average Bonchev–Trinajstić information content (AvgIpc) is 2.85. The van der Waals surface area contributed by atoms with Crippen LogP contribution in [0.15, 0.2) is 18.3 Å². The lowest BCUT2D eigenvalue weighted by Crippen LogP contribution is -2.26. The molecule has 0 amide bonds. The van der Waals surface area contributed by atoms with E-state index in [1.165, 1.54) is 5.57 Å². The molecule has 4 nitrogen and oxygen atoms in total. The minimum absolute atomic E-state index is 0.230. The maximum absolute atomic E-state index is 12.0. The molecule has 0 unspecified atom stereocenters. The van der Waals surface area contributed by atoms with Crippen LogP contribution >= 0.6 is 0 Å². The van der Waals surface area contributed by atoms with Crippen LogP contribution in [0.25, 0.3) is 5.57 Å². The normalized spacial score (nSPS) is 17.0. The molecule has 1 aromatic heterocycles. The molecule has 0 aromatic carbocycles. The van der Waals surface area contributed by atoms with Gasteiger partial charge in [-0.1, -0.05) is 6.08 Å². The summed E-state index contributed by atoms with van der Waals surface area (Å²) in [7, 11) is 2.06. The highest BCUT2D eigenvalue weighted by molar-refractivity contribution is 5.64. The Morgan fingerprint density at radius 3 is 2.86 bits per heavy atom. The summed E-state index contributed by atoms with van der Waals surface area (Å²) in [5.74, 6) is 0. The van der Waals surface area contributed by atoms with Gasteiger partial charge in [0.1, 0.15) is 0 Å². The summed E-state index contributed by atoms with van der Waals surface area (Å²) in [6.45, 7) is 2.29. The van der Waals surface area contributed by atoms with Gasteiger partial charge in [0.15, 0.2) is 0 Å². The number of alkyl halides is 3. The van der Waals surface area contributed by atoms with Gasteiger partial charge in [0, 0.05) is 19.3 Å². The second-order valence-corrected chi connectivity index (χ2v) is 5.17. The van der Waals surface area contributed by atoms with Crippen LogP contribution in [0, 0.1) is 0 Å². The lowest BCUT2D eigenvalue weighted by Gasteiger charge is -2.23. The van der Waals surface area contributed by atoms with Crippen molar-refractivity contribution in [1.82, 2.24) is 14.7 Å². The van der Waals surface area contributed by atoms with Gasteiger partial charge in [0.05, 0.1) is 31.9 Å². The predicted molar refractivity (Wildman–Crippen MR) is 73.8 cm³/mol. The first-order chi connectivity index (χ1) is 9.96. The second-order valence-electron chi connectivity index (χ2n) is 5.17. The summed E-state index contributed by atoms with van der Waals surface area (Å²) in [4.78, 5) is 2.23. The number of hydrogen-bond donors (Lipinski definition) is 0. The van der Waals surface area contributed by atoms with Gasteiger partial charge in [-0.15, -0.1) is 0 Å². The van der Waals surface area contributed by atoms with E-state index in [0.29, 0.717) is 6.54 Å². The fraction of sp³-hybridized carbons (Fsp3) is 0.643. The molecule has 1 aliphatic rings. The van der Waals surface area contributed by atoms with Gasteiger partial charge in [0.2, 0.25) is 0 Å². The molecule has 0 aliphatic carbocycles. The third-order valence-corrected chi connectivity index (χ3v) is 3.36. The van der Waals surface area contributed by atoms with Crippen molar-refractivity contribution in [3.8, 4) is 0 Å². The maximum atomic E-state index is 12.0. The molecule has 0 saturated carbocycles. The van der Waals surface area contributed by atoms with Crippen molar-refractivity contribution in [3.05, 3.63) is 24.0 Å². The Balaban J connectivity index is 1.82. The maximum Gasteiger partial charge on any atom is 0.391 e. The van der Waals surface area contributed by atoms with E-state index in [4.69, 9.17) is 4.74 Å². The number of rotatable bonds is 6. The van der Waals surface area contributed by atoms with Gasteiger partial charge in [0.25, 0.3) is 0 Å². The van der Waals surface area contributed by atoms with Crippen molar-refractivity contribution in [2.24, 2.45) is 0 Å². The third-order valence-electron chi connectivity index (χ3n) is 3.36. The van der Waals surface area contributed by atoms with Crippen LogP contribution in [-0.2, 0) is 11.3 Å². The molecule has 1 aromatic rings. The van der Waals surface area contributed by atoms with Crippen LogP contribution in [0.3, 0.4) is 0 Å². The summed E-state index contributed by atoms with van der Waals surface area (Å²) in [6, 6.07) is 1.93. The SMILES string of the molecule is CN1CCC=C(c2ccnn2CCOCCC(F)(F)F)C1. The Hall–Kier alpha value is -1.34. The van der Waals surface area contributed by atoms with Gasteiger partial charge in [-0.2, -0.15) is 18.3 Å². The zero-order valence-corrected chi connectivity index (χ0v) is 12.1. The van der Waals surface area contributed by atoms with E-state index < -0.39 is 12.6 Å². The highest BCUT2D eigenvalue weighted by atomic mass is 19.4.